The van der Waals surface area contributed by atoms with E-state index in [9.17, 15) is 9.59 Å². The van der Waals surface area contributed by atoms with Crippen LogP contribution >= 0.6 is 15.9 Å². The average molecular weight is 434 g/mol. The summed E-state index contributed by atoms with van der Waals surface area (Å²) >= 11 is 3.48. The van der Waals surface area contributed by atoms with Crippen LogP contribution in [0.15, 0.2) is 46.9 Å². The van der Waals surface area contributed by atoms with Crippen molar-refractivity contribution in [1.82, 2.24) is 0 Å². The van der Waals surface area contributed by atoms with E-state index < -0.39 is 5.60 Å². The number of carbonyl (C=O) groups excluding carboxylic acids is 2. The summed E-state index contributed by atoms with van der Waals surface area (Å²) in [6.45, 7) is 7.21. The first-order valence-corrected chi connectivity index (χ1v) is 9.35. The van der Waals surface area contributed by atoms with Gasteiger partial charge in [0.2, 0.25) is 5.91 Å². The molecule has 0 bridgehead atoms. The minimum Gasteiger partial charge on any atom is -0.489 e. The number of halogens is 1. The van der Waals surface area contributed by atoms with Crippen LogP contribution in [0.2, 0.25) is 0 Å². The zero-order valence-electron chi connectivity index (χ0n) is 16.2. The summed E-state index contributed by atoms with van der Waals surface area (Å²) in [6, 6.07) is 12.6. The van der Waals surface area contributed by atoms with Gasteiger partial charge in [0.1, 0.15) is 18.0 Å². The number of esters is 1. The van der Waals surface area contributed by atoms with Crippen molar-refractivity contribution in [2.45, 2.75) is 39.9 Å². The highest BCUT2D eigenvalue weighted by Crippen LogP contribution is 2.26. The molecule has 0 aliphatic carbocycles. The summed E-state index contributed by atoms with van der Waals surface area (Å²) in [7, 11) is 1.71. The lowest BCUT2D eigenvalue weighted by molar-refractivity contribution is -0.116. The van der Waals surface area contributed by atoms with Crippen LogP contribution in [0.1, 0.15) is 43.6 Å². The fourth-order valence-electron chi connectivity index (χ4n) is 2.33. The van der Waals surface area contributed by atoms with Crippen LogP contribution in [0.5, 0.6) is 5.75 Å². The van der Waals surface area contributed by atoms with E-state index in [0.29, 0.717) is 11.3 Å². The second-order valence-electron chi connectivity index (χ2n) is 7.13. The molecule has 0 saturated carbocycles. The summed E-state index contributed by atoms with van der Waals surface area (Å²) in [5.74, 6) is 0.210. The molecule has 0 saturated heterocycles. The van der Waals surface area contributed by atoms with Crippen LogP contribution in [-0.2, 0) is 16.1 Å². The molecule has 0 spiro atoms. The summed E-state index contributed by atoms with van der Waals surface area (Å²) in [5.41, 5.74) is 1.39. The van der Waals surface area contributed by atoms with Crippen molar-refractivity contribution < 1.29 is 19.1 Å². The highest BCUT2D eigenvalue weighted by molar-refractivity contribution is 9.10. The van der Waals surface area contributed by atoms with Gasteiger partial charge in [-0.1, -0.05) is 22.0 Å². The summed E-state index contributed by atoms with van der Waals surface area (Å²) in [5, 5.41) is 0. The van der Waals surface area contributed by atoms with Gasteiger partial charge < -0.3 is 14.4 Å². The smallest absolute Gasteiger partial charge is 0.339 e. The first-order valence-electron chi connectivity index (χ1n) is 8.56. The van der Waals surface area contributed by atoms with Gasteiger partial charge in [0.15, 0.2) is 0 Å². The Morgan fingerprint density at radius 1 is 1.07 bits per heavy atom. The zero-order chi connectivity index (χ0) is 20.2. The summed E-state index contributed by atoms with van der Waals surface area (Å²) in [4.78, 5) is 25.5. The van der Waals surface area contributed by atoms with Gasteiger partial charge in [0.05, 0.1) is 5.56 Å². The van der Waals surface area contributed by atoms with Gasteiger partial charge >= 0.3 is 5.97 Å². The third-order valence-electron chi connectivity index (χ3n) is 3.82. The maximum absolute atomic E-state index is 12.5. The van der Waals surface area contributed by atoms with Crippen LogP contribution in [0.4, 0.5) is 5.69 Å². The molecule has 0 aliphatic rings. The molecule has 0 heterocycles. The lowest BCUT2D eigenvalue weighted by atomic mass is 10.1. The molecular formula is C21H24BrNO4. The normalized spacial score (nSPS) is 11.0. The molecule has 0 radical (unpaired) electrons. The van der Waals surface area contributed by atoms with E-state index in [1.165, 1.54) is 6.92 Å². The number of benzene rings is 2. The van der Waals surface area contributed by atoms with Crippen LogP contribution in [0.25, 0.3) is 0 Å². The zero-order valence-corrected chi connectivity index (χ0v) is 17.8. The highest BCUT2D eigenvalue weighted by atomic mass is 79.9. The van der Waals surface area contributed by atoms with Gasteiger partial charge in [0.25, 0.3) is 0 Å². The van der Waals surface area contributed by atoms with E-state index in [1.807, 2.05) is 39.0 Å². The SMILES string of the molecule is CC(=O)N(C)c1ccc(OCc2c(Br)cccc2C(=O)OC(C)(C)C)cc1. The Bertz CT molecular complexity index is 825. The van der Waals surface area contributed by atoms with Crippen LogP contribution in [-0.4, -0.2) is 24.5 Å². The van der Waals surface area contributed by atoms with E-state index in [1.54, 1.807) is 36.2 Å². The maximum atomic E-state index is 12.5. The number of amides is 1. The molecule has 2 aromatic rings. The molecule has 2 aromatic carbocycles. The van der Waals surface area contributed by atoms with Crippen molar-refractivity contribution in [3.05, 3.63) is 58.1 Å². The van der Waals surface area contributed by atoms with Gasteiger partial charge in [-0.2, -0.15) is 0 Å². The Balaban J connectivity index is 2.16. The van der Waals surface area contributed by atoms with Crippen LogP contribution in [0.3, 0.4) is 0 Å². The fraction of sp³-hybridized carbons (Fsp3) is 0.333. The van der Waals surface area contributed by atoms with Gasteiger partial charge in [-0.3, -0.25) is 4.79 Å². The van der Waals surface area contributed by atoms with E-state index in [0.717, 1.165) is 15.7 Å². The molecule has 0 N–H and O–H groups in total. The number of rotatable bonds is 5. The minimum absolute atomic E-state index is 0.0427. The van der Waals surface area contributed by atoms with Gasteiger partial charge in [0, 0.05) is 29.7 Å². The molecule has 0 unspecified atom stereocenters. The Labute approximate surface area is 168 Å². The standard InChI is InChI=1S/C21H24BrNO4/c1-14(24)23(5)15-9-11-16(12-10-15)26-13-18-17(7-6-8-19(18)22)20(25)27-21(2,3)4/h6-12H,13H2,1-5H3. The van der Waals surface area contributed by atoms with E-state index in [2.05, 4.69) is 15.9 Å². The fourth-order valence-corrected chi connectivity index (χ4v) is 2.81. The predicted octanol–water partition coefficient (Wildman–Crippen LogP) is 4.97. The highest BCUT2D eigenvalue weighted by Gasteiger charge is 2.21. The van der Waals surface area contributed by atoms with Crippen molar-refractivity contribution in [2.24, 2.45) is 0 Å². The quantitative estimate of drug-likeness (QED) is 0.624. The monoisotopic (exact) mass is 433 g/mol. The largest absolute Gasteiger partial charge is 0.489 e. The van der Waals surface area contributed by atoms with Crippen molar-refractivity contribution >= 4 is 33.5 Å². The van der Waals surface area contributed by atoms with Gasteiger partial charge in [-0.25, -0.2) is 4.79 Å². The topological polar surface area (TPSA) is 55.8 Å². The van der Waals surface area contributed by atoms with E-state index >= 15 is 0 Å². The van der Waals surface area contributed by atoms with Crippen molar-refractivity contribution in [3.8, 4) is 5.75 Å². The van der Waals surface area contributed by atoms with E-state index in [-0.39, 0.29) is 18.5 Å². The Kier molecular flexibility index (Phi) is 6.65. The molecule has 0 aromatic heterocycles. The van der Waals surface area contributed by atoms with Crippen molar-refractivity contribution in [3.63, 3.8) is 0 Å². The minimum atomic E-state index is -0.573. The maximum Gasteiger partial charge on any atom is 0.339 e. The molecule has 0 aliphatic heterocycles. The Morgan fingerprint density at radius 3 is 2.26 bits per heavy atom. The molecule has 0 fully saturated rings. The number of anilines is 1. The van der Waals surface area contributed by atoms with Crippen molar-refractivity contribution in [1.29, 1.82) is 0 Å². The lowest BCUT2D eigenvalue weighted by Gasteiger charge is -2.21. The number of ether oxygens (including phenoxy) is 2. The molecule has 2 rings (SSSR count). The first-order chi connectivity index (χ1) is 12.6. The summed E-state index contributed by atoms with van der Waals surface area (Å²) in [6.07, 6.45) is 0. The Hall–Kier alpha value is -2.34. The number of hydrogen-bond donors (Lipinski definition) is 0. The Morgan fingerprint density at radius 2 is 1.70 bits per heavy atom. The summed E-state index contributed by atoms with van der Waals surface area (Å²) < 4.78 is 12.1. The van der Waals surface area contributed by atoms with Crippen LogP contribution in [0, 0.1) is 0 Å². The average Bonchev–Trinajstić information content (AvgIpc) is 2.58. The van der Waals surface area contributed by atoms with Crippen molar-refractivity contribution in [2.75, 3.05) is 11.9 Å². The number of hydrogen-bond acceptors (Lipinski definition) is 4. The first kappa shape index (κ1) is 21.0. The lowest BCUT2D eigenvalue weighted by Crippen LogP contribution is -2.24. The molecule has 5 nitrogen and oxygen atoms in total. The number of carbonyl (C=O) groups is 2. The molecule has 0 atom stereocenters. The predicted molar refractivity (Wildman–Crippen MR) is 109 cm³/mol. The molecule has 1 amide bonds. The van der Waals surface area contributed by atoms with Gasteiger partial charge in [-0.05, 0) is 57.2 Å². The third kappa shape index (κ3) is 5.82. The second-order valence-corrected chi connectivity index (χ2v) is 7.98. The van der Waals surface area contributed by atoms with E-state index in [4.69, 9.17) is 9.47 Å². The van der Waals surface area contributed by atoms with Crippen LogP contribution < -0.4 is 9.64 Å². The van der Waals surface area contributed by atoms with Gasteiger partial charge in [-0.15, -0.1) is 0 Å². The third-order valence-corrected chi connectivity index (χ3v) is 4.56. The molecule has 144 valence electrons. The second kappa shape index (κ2) is 8.57. The number of nitrogens with zero attached hydrogens (tertiary/aromatic N) is 1. The molecular weight excluding hydrogens is 410 g/mol. The molecule has 27 heavy (non-hydrogen) atoms. The molecule has 6 heteroatoms.